The van der Waals surface area contributed by atoms with Crippen LogP contribution in [0.5, 0.6) is 0 Å². The lowest BCUT2D eigenvalue weighted by Gasteiger charge is -2.36. The molecule has 3 heterocycles. The fourth-order valence-corrected chi connectivity index (χ4v) is 5.71. The van der Waals surface area contributed by atoms with Gasteiger partial charge in [-0.2, -0.15) is 0 Å². The average Bonchev–Trinajstić information content (AvgIpc) is 3.20. The van der Waals surface area contributed by atoms with Gasteiger partial charge in [-0.3, -0.25) is 4.98 Å². The molecule has 1 fully saturated rings. The fourth-order valence-electron chi connectivity index (χ4n) is 5.08. The maximum atomic E-state index is 11.8. The summed E-state index contributed by atoms with van der Waals surface area (Å²) in [6.45, 7) is 4.14. The summed E-state index contributed by atoms with van der Waals surface area (Å²) in [4.78, 5) is 14.8. The van der Waals surface area contributed by atoms with E-state index in [9.17, 15) is 8.42 Å². The van der Waals surface area contributed by atoms with E-state index in [1.807, 2.05) is 18.5 Å². The molecule has 2 aromatic heterocycles. The van der Waals surface area contributed by atoms with Crippen LogP contribution in [0.4, 0.5) is 5.69 Å². The number of rotatable bonds is 5. The molecule has 0 N–H and O–H groups in total. The van der Waals surface area contributed by atoms with E-state index in [4.69, 9.17) is 9.97 Å². The van der Waals surface area contributed by atoms with E-state index in [-0.39, 0.29) is 0 Å². The zero-order valence-electron chi connectivity index (χ0n) is 21.6. The van der Waals surface area contributed by atoms with Crippen LogP contribution >= 0.6 is 0 Å². The lowest BCUT2D eigenvalue weighted by Crippen LogP contribution is -2.41. The molecule has 0 atom stereocenters. The lowest BCUT2D eigenvalue weighted by atomic mass is 10.0. The van der Waals surface area contributed by atoms with Gasteiger partial charge in [0.05, 0.1) is 21.8 Å². The molecule has 2 aromatic carbocycles. The summed E-state index contributed by atoms with van der Waals surface area (Å²) in [5.41, 5.74) is 6.83. The molecule has 0 radical (unpaired) electrons. The number of nitrogens with zero attached hydrogens (tertiary/aromatic N) is 5. The molecule has 4 aromatic rings. The Morgan fingerprint density at radius 2 is 1.53 bits per heavy atom. The van der Waals surface area contributed by atoms with Crippen LogP contribution in [0.25, 0.3) is 33.7 Å². The van der Waals surface area contributed by atoms with E-state index < -0.39 is 9.84 Å². The van der Waals surface area contributed by atoms with Gasteiger partial charge in [-0.25, -0.2) is 13.4 Å². The first-order valence-corrected chi connectivity index (χ1v) is 14.2. The van der Waals surface area contributed by atoms with E-state index in [0.29, 0.717) is 10.9 Å². The molecule has 0 amide bonds. The standard InChI is InChI=1S/C28H33N5O2S/c1-19-27-26(32(4)28(30-27)21-8-12-24(13-9-21)36(5,34)35)18-25(29-19)20-6-10-23(11-7-20)33-16-14-22(15-17-33)31(2)3/h6-13,18,22H,14-17H2,1-5H3. The zero-order chi connectivity index (χ0) is 25.6. The number of pyridine rings is 1. The Kier molecular flexibility index (Phi) is 6.34. The van der Waals surface area contributed by atoms with Crippen LogP contribution in [0.3, 0.4) is 0 Å². The number of piperidine rings is 1. The highest BCUT2D eigenvalue weighted by Crippen LogP contribution is 2.30. The third kappa shape index (κ3) is 4.63. The predicted molar refractivity (Wildman–Crippen MR) is 146 cm³/mol. The number of imidazole rings is 1. The van der Waals surface area contributed by atoms with Crippen LogP contribution in [0.15, 0.2) is 59.5 Å². The third-order valence-electron chi connectivity index (χ3n) is 7.31. The van der Waals surface area contributed by atoms with E-state index in [1.165, 1.54) is 24.8 Å². The number of anilines is 1. The molecule has 5 rings (SSSR count). The number of sulfone groups is 1. The van der Waals surface area contributed by atoms with E-state index in [2.05, 4.69) is 54.2 Å². The van der Waals surface area contributed by atoms with Crippen LogP contribution in [-0.4, -0.2) is 67.3 Å². The molecule has 0 bridgehead atoms. The van der Waals surface area contributed by atoms with Crippen molar-refractivity contribution in [3.05, 3.63) is 60.3 Å². The number of hydrogen-bond donors (Lipinski definition) is 0. The minimum absolute atomic E-state index is 0.302. The highest BCUT2D eigenvalue weighted by atomic mass is 32.2. The highest BCUT2D eigenvalue weighted by Gasteiger charge is 2.21. The molecule has 8 heteroatoms. The van der Waals surface area contributed by atoms with E-state index in [1.54, 1.807) is 24.3 Å². The molecule has 7 nitrogen and oxygen atoms in total. The number of fused-ring (bicyclic) bond motifs is 1. The summed E-state index contributed by atoms with van der Waals surface area (Å²) < 4.78 is 25.7. The maximum absolute atomic E-state index is 11.8. The Bertz CT molecular complexity index is 1500. The Morgan fingerprint density at radius 1 is 0.917 bits per heavy atom. The maximum Gasteiger partial charge on any atom is 0.175 e. The van der Waals surface area contributed by atoms with Gasteiger partial charge in [0.15, 0.2) is 9.84 Å². The second-order valence-corrected chi connectivity index (χ2v) is 12.0. The lowest BCUT2D eigenvalue weighted by molar-refractivity contribution is 0.249. The van der Waals surface area contributed by atoms with E-state index >= 15 is 0 Å². The van der Waals surface area contributed by atoms with Crippen molar-refractivity contribution in [1.82, 2.24) is 19.4 Å². The second-order valence-electron chi connectivity index (χ2n) is 9.98. The van der Waals surface area contributed by atoms with Crippen molar-refractivity contribution >= 4 is 26.6 Å². The molecule has 0 unspecified atom stereocenters. The van der Waals surface area contributed by atoms with Gasteiger partial charge in [-0.1, -0.05) is 12.1 Å². The van der Waals surface area contributed by atoms with Gasteiger partial charge in [-0.05, 0) is 76.3 Å². The van der Waals surface area contributed by atoms with Crippen LogP contribution in [-0.2, 0) is 16.9 Å². The minimum atomic E-state index is -3.24. The van der Waals surface area contributed by atoms with Gasteiger partial charge >= 0.3 is 0 Å². The molecule has 1 aliphatic rings. The van der Waals surface area contributed by atoms with Crippen molar-refractivity contribution in [2.75, 3.05) is 38.3 Å². The highest BCUT2D eigenvalue weighted by molar-refractivity contribution is 7.90. The van der Waals surface area contributed by atoms with Crippen LogP contribution in [0, 0.1) is 6.92 Å². The van der Waals surface area contributed by atoms with Crippen LogP contribution < -0.4 is 4.90 Å². The van der Waals surface area contributed by atoms with Gasteiger partial charge < -0.3 is 14.4 Å². The van der Waals surface area contributed by atoms with Gasteiger partial charge in [0.1, 0.15) is 11.3 Å². The molecule has 0 spiro atoms. The van der Waals surface area contributed by atoms with Gasteiger partial charge in [-0.15, -0.1) is 0 Å². The largest absolute Gasteiger partial charge is 0.371 e. The molecule has 1 saturated heterocycles. The van der Waals surface area contributed by atoms with Crippen molar-refractivity contribution in [3.8, 4) is 22.6 Å². The monoisotopic (exact) mass is 503 g/mol. The van der Waals surface area contributed by atoms with Crippen molar-refractivity contribution < 1.29 is 8.42 Å². The third-order valence-corrected chi connectivity index (χ3v) is 8.44. The van der Waals surface area contributed by atoms with Crippen molar-refractivity contribution in [2.24, 2.45) is 7.05 Å². The Balaban J connectivity index is 1.43. The molecule has 1 aliphatic heterocycles. The number of benzene rings is 2. The number of aromatic nitrogens is 3. The Morgan fingerprint density at radius 3 is 2.11 bits per heavy atom. The molecular formula is C28H33N5O2S. The topological polar surface area (TPSA) is 71.3 Å². The minimum Gasteiger partial charge on any atom is -0.371 e. The Labute approximate surface area is 213 Å². The normalized spacial score (nSPS) is 15.2. The Hall–Kier alpha value is -3.23. The van der Waals surface area contributed by atoms with Gasteiger partial charge in [0.2, 0.25) is 0 Å². The van der Waals surface area contributed by atoms with Gasteiger partial charge in [0.25, 0.3) is 0 Å². The first-order valence-electron chi connectivity index (χ1n) is 12.3. The smallest absolute Gasteiger partial charge is 0.175 e. The van der Waals surface area contributed by atoms with Crippen LogP contribution in [0.2, 0.25) is 0 Å². The summed E-state index contributed by atoms with van der Waals surface area (Å²) in [6.07, 6.45) is 3.59. The summed E-state index contributed by atoms with van der Waals surface area (Å²) in [6, 6.07) is 18.3. The summed E-state index contributed by atoms with van der Waals surface area (Å²) >= 11 is 0. The van der Waals surface area contributed by atoms with Crippen LogP contribution in [0.1, 0.15) is 18.5 Å². The molecular weight excluding hydrogens is 470 g/mol. The predicted octanol–water partition coefficient (Wildman–Crippen LogP) is 4.54. The molecule has 0 aliphatic carbocycles. The number of aryl methyl sites for hydroxylation is 2. The average molecular weight is 504 g/mol. The van der Waals surface area contributed by atoms with E-state index in [0.717, 1.165) is 52.5 Å². The van der Waals surface area contributed by atoms with Crippen molar-refractivity contribution in [2.45, 2.75) is 30.7 Å². The zero-order valence-corrected chi connectivity index (χ0v) is 22.4. The van der Waals surface area contributed by atoms with Crippen molar-refractivity contribution in [1.29, 1.82) is 0 Å². The summed E-state index contributed by atoms with van der Waals surface area (Å²) in [5, 5.41) is 0. The molecule has 188 valence electrons. The molecule has 0 saturated carbocycles. The first kappa shape index (κ1) is 24.5. The molecule has 36 heavy (non-hydrogen) atoms. The summed E-state index contributed by atoms with van der Waals surface area (Å²) in [7, 11) is 3.08. The first-order chi connectivity index (χ1) is 17.1. The quantitative estimate of drug-likeness (QED) is 0.398. The summed E-state index contributed by atoms with van der Waals surface area (Å²) in [5.74, 6) is 0.781. The SMILES string of the molecule is Cc1nc(-c2ccc(N3CCC(N(C)C)CC3)cc2)cc2c1nc(-c1ccc(S(C)(=O)=O)cc1)n2C. The number of hydrogen-bond acceptors (Lipinski definition) is 6. The second kappa shape index (κ2) is 9.33. The fraction of sp³-hybridized carbons (Fsp3) is 0.357. The van der Waals surface area contributed by atoms with Crippen molar-refractivity contribution in [3.63, 3.8) is 0 Å². The van der Waals surface area contributed by atoms with Gasteiger partial charge in [0, 0.05) is 49.2 Å².